The minimum Gasteiger partial charge on any atom is -0.388 e. The van der Waals surface area contributed by atoms with Crippen molar-refractivity contribution in [2.75, 3.05) is 11.5 Å². The Balaban J connectivity index is 0.000000342. The summed E-state index contributed by atoms with van der Waals surface area (Å²) in [6.07, 6.45) is 1.98. The minimum absolute atomic E-state index is 0.0652. The summed E-state index contributed by atoms with van der Waals surface area (Å²) in [6.45, 7) is 16.8. The Morgan fingerprint density at radius 2 is 1.18 bits per heavy atom. The van der Waals surface area contributed by atoms with Gasteiger partial charge in [0.2, 0.25) is 0 Å². The molecule has 0 fully saturated rings. The second-order valence-electron chi connectivity index (χ2n) is 10.6. The highest BCUT2D eigenvalue weighted by Crippen LogP contribution is 2.37. The average Bonchev–Trinajstić information content (AvgIpc) is 2.79. The predicted octanol–water partition coefficient (Wildman–Crippen LogP) is 9.85. The maximum atomic E-state index is 10.1. The summed E-state index contributed by atoms with van der Waals surface area (Å²) in [5.41, 5.74) is 10.6. The Morgan fingerprint density at radius 3 is 1.50 bits per heavy atom. The molecule has 0 bridgehead atoms. The van der Waals surface area contributed by atoms with Crippen LogP contribution in [0.25, 0.3) is 10.4 Å². The molecule has 0 aliphatic carbocycles. The molecule has 0 saturated carbocycles. The number of nitrogens with zero attached hydrogens (tertiary/aromatic N) is 3. The Kier molecular flexibility index (Phi) is 13.2. The highest BCUT2D eigenvalue weighted by Gasteiger charge is 2.25. The summed E-state index contributed by atoms with van der Waals surface area (Å²) in [5.74, 6) is 2.29. The van der Waals surface area contributed by atoms with Crippen LogP contribution < -0.4 is 0 Å². The van der Waals surface area contributed by atoms with E-state index in [-0.39, 0.29) is 16.9 Å². The summed E-state index contributed by atoms with van der Waals surface area (Å²) in [6, 6.07) is 16.5. The van der Waals surface area contributed by atoms with Gasteiger partial charge in [0, 0.05) is 14.7 Å². The van der Waals surface area contributed by atoms with Crippen LogP contribution in [0.3, 0.4) is 0 Å². The summed E-state index contributed by atoms with van der Waals surface area (Å²) in [4.78, 5) is 5.53. The van der Waals surface area contributed by atoms with Crippen LogP contribution in [0.1, 0.15) is 91.5 Å². The van der Waals surface area contributed by atoms with E-state index in [0.29, 0.717) is 0 Å². The highest BCUT2D eigenvalue weighted by atomic mass is 32.2. The summed E-state index contributed by atoms with van der Waals surface area (Å²) >= 11 is 3.72. The van der Waals surface area contributed by atoms with E-state index >= 15 is 0 Å². The maximum Gasteiger partial charge on any atom is 0.0838 e. The lowest BCUT2D eigenvalue weighted by molar-refractivity contribution is 0.0626. The molecule has 0 radical (unpaired) electrons. The lowest BCUT2D eigenvalue weighted by Gasteiger charge is -2.27. The van der Waals surface area contributed by atoms with E-state index < -0.39 is 6.10 Å². The van der Waals surface area contributed by atoms with E-state index in [0.717, 1.165) is 22.6 Å². The van der Waals surface area contributed by atoms with Crippen LogP contribution in [-0.4, -0.2) is 16.6 Å². The van der Waals surface area contributed by atoms with Gasteiger partial charge in [-0.05, 0) is 76.1 Å². The van der Waals surface area contributed by atoms with Crippen LogP contribution in [-0.2, 0) is 0 Å². The molecule has 0 amide bonds. The quantitative estimate of drug-likeness (QED) is 0.161. The van der Waals surface area contributed by atoms with Gasteiger partial charge >= 0.3 is 0 Å². The van der Waals surface area contributed by atoms with Crippen LogP contribution in [0.15, 0.2) is 63.4 Å². The largest absolute Gasteiger partial charge is 0.388 e. The molecule has 2 aromatic rings. The van der Waals surface area contributed by atoms with Crippen molar-refractivity contribution < 1.29 is 5.11 Å². The second-order valence-corrected chi connectivity index (χ2v) is 12.9. The number of thioether (sulfide) groups is 2. The number of hydrogen-bond donors (Lipinski definition) is 1. The second kappa shape index (κ2) is 14.7. The van der Waals surface area contributed by atoms with E-state index in [2.05, 4.69) is 102 Å². The van der Waals surface area contributed by atoms with Gasteiger partial charge in [0.05, 0.1) is 12.1 Å². The molecule has 34 heavy (non-hydrogen) atoms. The smallest absolute Gasteiger partial charge is 0.0838 e. The first-order valence-electron chi connectivity index (χ1n) is 12.1. The Labute approximate surface area is 216 Å². The molecule has 2 unspecified atom stereocenters. The molecule has 0 aromatic heterocycles. The number of aliphatic hydroxyl groups excluding tert-OH is 1. The van der Waals surface area contributed by atoms with Crippen LogP contribution >= 0.6 is 23.5 Å². The Morgan fingerprint density at radius 1 is 0.765 bits per heavy atom. The Bertz CT molecular complexity index is 878. The van der Waals surface area contributed by atoms with Gasteiger partial charge in [-0.25, -0.2) is 0 Å². The minimum atomic E-state index is -0.391. The highest BCUT2D eigenvalue weighted by molar-refractivity contribution is 7.99. The van der Waals surface area contributed by atoms with Crippen molar-refractivity contribution in [3.63, 3.8) is 0 Å². The number of hydrogen-bond acceptors (Lipinski definition) is 4. The lowest BCUT2D eigenvalue weighted by Crippen LogP contribution is -2.17. The van der Waals surface area contributed by atoms with E-state index in [1.54, 1.807) is 0 Å². The molecule has 2 aromatic carbocycles. The van der Waals surface area contributed by atoms with Gasteiger partial charge in [-0.15, -0.1) is 23.5 Å². The van der Waals surface area contributed by atoms with Gasteiger partial charge in [0.25, 0.3) is 0 Å². The first-order chi connectivity index (χ1) is 15.9. The third-order valence-electron chi connectivity index (χ3n) is 5.15. The van der Waals surface area contributed by atoms with Crippen LogP contribution in [0.5, 0.6) is 0 Å². The molecule has 4 nitrogen and oxygen atoms in total. The molecule has 0 aliphatic rings. The zero-order valence-electron chi connectivity index (χ0n) is 22.2. The fourth-order valence-electron chi connectivity index (χ4n) is 3.22. The third-order valence-corrected chi connectivity index (χ3v) is 7.58. The Hall–Kier alpha value is -1.59. The summed E-state index contributed by atoms with van der Waals surface area (Å²) < 4.78 is 0. The zero-order valence-corrected chi connectivity index (χ0v) is 23.8. The molecule has 0 spiro atoms. The molecule has 6 heteroatoms. The van der Waals surface area contributed by atoms with Crippen molar-refractivity contribution in [3.8, 4) is 0 Å². The SMILES string of the molecule is CCCSc1ccc(C(N=[N+]=[N-])C(C)(C)C)cc1.CCCSc1ccc(C(O)C(C)(C)C)cc1. The fraction of sp³-hybridized carbons (Fsp3) is 0.571. The number of benzene rings is 2. The molecule has 0 heterocycles. The average molecular weight is 502 g/mol. The molecule has 2 atom stereocenters. The van der Waals surface area contributed by atoms with Gasteiger partial charge in [0.15, 0.2) is 0 Å². The van der Waals surface area contributed by atoms with Crippen molar-refractivity contribution in [1.82, 2.24) is 0 Å². The van der Waals surface area contributed by atoms with E-state index in [1.165, 1.54) is 22.6 Å². The maximum absolute atomic E-state index is 10.1. The van der Waals surface area contributed by atoms with Gasteiger partial charge < -0.3 is 5.11 Å². The first-order valence-corrected chi connectivity index (χ1v) is 14.1. The normalized spacial score (nSPS) is 13.3. The fourth-order valence-corrected chi connectivity index (χ4v) is 4.76. The standard InChI is InChI=1S/C14H21N3S.C14H22OS/c1-5-10-18-12-8-6-11(7-9-12)13(16-17-15)14(2,3)4;1-5-10-16-12-8-6-11(7-9-12)13(15)14(2,3)4/h6-9,13H,5,10H2,1-4H3;6-9,13,15H,5,10H2,1-4H3. The number of rotatable bonds is 9. The van der Waals surface area contributed by atoms with Crippen LogP contribution in [0.4, 0.5) is 0 Å². The van der Waals surface area contributed by atoms with E-state index in [4.69, 9.17) is 5.53 Å². The third kappa shape index (κ3) is 10.8. The molecule has 0 saturated heterocycles. The van der Waals surface area contributed by atoms with Crippen molar-refractivity contribution in [1.29, 1.82) is 0 Å². The molecular weight excluding hydrogens is 458 g/mol. The van der Waals surface area contributed by atoms with Gasteiger partial charge in [0.1, 0.15) is 0 Å². The van der Waals surface area contributed by atoms with Crippen LogP contribution in [0, 0.1) is 10.8 Å². The van der Waals surface area contributed by atoms with Crippen molar-refractivity contribution in [2.24, 2.45) is 15.9 Å². The van der Waals surface area contributed by atoms with Crippen LogP contribution in [0.2, 0.25) is 0 Å². The van der Waals surface area contributed by atoms with Crippen molar-refractivity contribution >= 4 is 23.5 Å². The van der Waals surface area contributed by atoms with Gasteiger partial charge in [-0.3, -0.25) is 0 Å². The lowest BCUT2D eigenvalue weighted by atomic mass is 9.83. The van der Waals surface area contributed by atoms with E-state index in [1.807, 2.05) is 35.7 Å². The van der Waals surface area contributed by atoms with Crippen molar-refractivity contribution in [3.05, 3.63) is 70.1 Å². The number of aliphatic hydroxyl groups is 1. The number of azide groups is 1. The molecular formula is C28H43N3OS2. The molecule has 0 aliphatic heterocycles. The molecule has 188 valence electrons. The topological polar surface area (TPSA) is 69.0 Å². The zero-order chi connectivity index (χ0) is 25.8. The van der Waals surface area contributed by atoms with Gasteiger partial charge in [-0.2, -0.15) is 0 Å². The molecule has 1 N–H and O–H groups in total. The monoisotopic (exact) mass is 501 g/mol. The van der Waals surface area contributed by atoms with Gasteiger partial charge in [-0.1, -0.05) is 84.8 Å². The molecule has 2 rings (SSSR count). The van der Waals surface area contributed by atoms with E-state index in [9.17, 15) is 5.11 Å². The first kappa shape index (κ1) is 30.4. The summed E-state index contributed by atoms with van der Waals surface area (Å²) in [5, 5.41) is 14.0. The predicted molar refractivity (Wildman–Crippen MR) is 151 cm³/mol. The van der Waals surface area contributed by atoms with Crippen molar-refractivity contribution in [2.45, 2.75) is 90.2 Å². The summed E-state index contributed by atoms with van der Waals surface area (Å²) in [7, 11) is 0.